The van der Waals surface area contributed by atoms with Crippen molar-refractivity contribution in [1.29, 1.82) is 0 Å². The minimum absolute atomic E-state index is 0.0263. The molecule has 0 atom stereocenters. The van der Waals surface area contributed by atoms with Gasteiger partial charge in [0.15, 0.2) is 0 Å². The Balaban J connectivity index is 1.41. The molecule has 1 N–H and O–H groups in total. The first-order valence-corrected chi connectivity index (χ1v) is 9.99. The van der Waals surface area contributed by atoms with E-state index in [-0.39, 0.29) is 5.91 Å². The number of nitrogens with one attached hydrogen (secondary N) is 1. The van der Waals surface area contributed by atoms with Gasteiger partial charge in [-0.1, -0.05) is 60.7 Å². The third-order valence-electron chi connectivity index (χ3n) is 5.40. The predicted molar refractivity (Wildman–Crippen MR) is 122 cm³/mol. The van der Waals surface area contributed by atoms with Crippen molar-refractivity contribution in [1.82, 2.24) is 9.38 Å². The molecule has 5 rings (SSSR count). The maximum absolute atomic E-state index is 12.8. The second-order valence-electron chi connectivity index (χ2n) is 7.49. The van der Waals surface area contributed by atoms with E-state index in [1.807, 2.05) is 84.4 Å². The summed E-state index contributed by atoms with van der Waals surface area (Å²) in [5, 5.41) is 5.36. The van der Waals surface area contributed by atoms with Crippen LogP contribution in [-0.2, 0) is 11.2 Å². The average Bonchev–Trinajstić information content (AvgIpc) is 3.20. The minimum Gasteiger partial charge on any atom is -0.326 e. The van der Waals surface area contributed by atoms with Gasteiger partial charge in [-0.15, -0.1) is 0 Å². The number of hydrogen-bond acceptors (Lipinski definition) is 2. The van der Waals surface area contributed by atoms with Crippen molar-refractivity contribution in [3.63, 3.8) is 0 Å². The number of aromatic nitrogens is 2. The van der Waals surface area contributed by atoms with E-state index in [1.165, 1.54) is 0 Å². The summed E-state index contributed by atoms with van der Waals surface area (Å²) in [5.41, 5.74) is 5.62. The number of benzene rings is 3. The molecule has 0 unspecified atom stereocenters. The Kier molecular flexibility index (Phi) is 4.52. The molecule has 146 valence electrons. The van der Waals surface area contributed by atoms with E-state index < -0.39 is 0 Å². The van der Waals surface area contributed by atoms with Crippen LogP contribution in [0.5, 0.6) is 0 Å². The number of anilines is 1. The van der Waals surface area contributed by atoms with Crippen LogP contribution in [0.15, 0.2) is 91.3 Å². The van der Waals surface area contributed by atoms with Crippen LogP contribution in [0.25, 0.3) is 27.7 Å². The second-order valence-corrected chi connectivity index (χ2v) is 7.49. The number of imidazole rings is 1. The van der Waals surface area contributed by atoms with E-state index in [1.54, 1.807) is 0 Å². The van der Waals surface area contributed by atoms with Gasteiger partial charge in [-0.25, -0.2) is 4.98 Å². The van der Waals surface area contributed by atoms with E-state index in [4.69, 9.17) is 0 Å². The van der Waals surface area contributed by atoms with Crippen LogP contribution >= 0.6 is 0 Å². The van der Waals surface area contributed by atoms with E-state index >= 15 is 0 Å². The molecule has 0 radical (unpaired) electrons. The smallest absolute Gasteiger partial charge is 0.228 e. The third kappa shape index (κ3) is 3.44. The summed E-state index contributed by atoms with van der Waals surface area (Å²) in [6, 6.07) is 26.2. The molecule has 1 amide bonds. The summed E-state index contributed by atoms with van der Waals surface area (Å²) in [4.78, 5) is 17.5. The number of pyridine rings is 1. The van der Waals surface area contributed by atoms with Crippen molar-refractivity contribution in [2.24, 2.45) is 0 Å². The molecule has 2 aromatic heterocycles. The minimum atomic E-state index is -0.0263. The summed E-state index contributed by atoms with van der Waals surface area (Å²) in [6.45, 7) is 2.00. The number of amides is 1. The number of carbonyl (C=O) groups excluding carboxylic acids is 1. The molecule has 0 saturated carbocycles. The predicted octanol–water partition coefficient (Wildman–Crippen LogP) is 5.64. The summed E-state index contributed by atoms with van der Waals surface area (Å²) in [7, 11) is 0. The van der Waals surface area contributed by atoms with Crippen molar-refractivity contribution in [3.05, 3.63) is 102 Å². The molecule has 2 heterocycles. The van der Waals surface area contributed by atoms with Crippen molar-refractivity contribution < 1.29 is 4.79 Å². The molecule has 4 nitrogen and oxygen atoms in total. The fraction of sp³-hybridized carbons (Fsp3) is 0.0769. The van der Waals surface area contributed by atoms with Crippen molar-refractivity contribution in [3.8, 4) is 11.3 Å². The van der Waals surface area contributed by atoms with E-state index in [9.17, 15) is 4.79 Å². The lowest BCUT2D eigenvalue weighted by Gasteiger charge is -2.11. The van der Waals surface area contributed by atoms with E-state index in [0.717, 1.165) is 44.5 Å². The van der Waals surface area contributed by atoms with Gasteiger partial charge in [0.1, 0.15) is 5.65 Å². The first-order valence-electron chi connectivity index (χ1n) is 9.99. The highest BCUT2D eigenvalue weighted by Gasteiger charge is 2.11. The zero-order valence-corrected chi connectivity index (χ0v) is 16.7. The highest BCUT2D eigenvalue weighted by atomic mass is 16.1. The van der Waals surface area contributed by atoms with Gasteiger partial charge in [-0.3, -0.25) is 4.79 Å². The lowest BCUT2D eigenvalue weighted by Crippen LogP contribution is -2.15. The van der Waals surface area contributed by atoms with Crippen LogP contribution in [0.1, 0.15) is 11.1 Å². The molecule has 5 aromatic rings. The lowest BCUT2D eigenvalue weighted by molar-refractivity contribution is -0.115. The highest BCUT2D eigenvalue weighted by Crippen LogP contribution is 2.26. The van der Waals surface area contributed by atoms with Crippen molar-refractivity contribution in [2.75, 3.05) is 5.32 Å². The normalized spacial score (nSPS) is 11.1. The van der Waals surface area contributed by atoms with Crippen LogP contribution in [0.4, 0.5) is 5.69 Å². The molecule has 0 aliphatic heterocycles. The summed E-state index contributed by atoms with van der Waals surface area (Å²) >= 11 is 0. The zero-order valence-electron chi connectivity index (χ0n) is 16.7. The Morgan fingerprint density at radius 1 is 0.967 bits per heavy atom. The standard InChI is InChI=1S/C26H21N3O/c1-18-12-13-21(24-17-29-14-5-4-11-25(29)27-24)15-23(18)28-26(30)16-20-9-6-8-19-7-2-3-10-22(19)20/h2-15,17H,16H2,1H3,(H,28,30). The SMILES string of the molecule is Cc1ccc(-c2cn3ccccc3n2)cc1NC(=O)Cc1cccc2ccccc12. The fourth-order valence-electron chi connectivity index (χ4n) is 3.80. The molecule has 0 fully saturated rings. The molecule has 30 heavy (non-hydrogen) atoms. The van der Waals surface area contributed by atoms with Gasteiger partial charge in [0.05, 0.1) is 12.1 Å². The third-order valence-corrected chi connectivity index (χ3v) is 5.40. The molecule has 3 aromatic carbocycles. The first kappa shape index (κ1) is 18.1. The van der Waals surface area contributed by atoms with E-state index in [2.05, 4.69) is 28.5 Å². The quantitative estimate of drug-likeness (QED) is 0.431. The monoisotopic (exact) mass is 391 g/mol. The van der Waals surface area contributed by atoms with Crippen LogP contribution < -0.4 is 5.32 Å². The van der Waals surface area contributed by atoms with Crippen LogP contribution in [-0.4, -0.2) is 15.3 Å². The van der Waals surface area contributed by atoms with Gasteiger partial charge in [0.25, 0.3) is 0 Å². The maximum Gasteiger partial charge on any atom is 0.228 e. The summed E-state index contributed by atoms with van der Waals surface area (Å²) < 4.78 is 1.99. The number of aryl methyl sites for hydroxylation is 1. The number of fused-ring (bicyclic) bond motifs is 2. The topological polar surface area (TPSA) is 46.4 Å². The molecular weight excluding hydrogens is 370 g/mol. The number of nitrogens with zero attached hydrogens (tertiary/aromatic N) is 2. The Hall–Kier alpha value is -3.92. The second kappa shape index (κ2) is 7.48. The molecule has 0 aliphatic carbocycles. The summed E-state index contributed by atoms with van der Waals surface area (Å²) in [6.07, 6.45) is 4.31. The summed E-state index contributed by atoms with van der Waals surface area (Å²) in [5.74, 6) is -0.0263. The fourth-order valence-corrected chi connectivity index (χ4v) is 3.80. The Labute approximate surface area is 174 Å². The largest absolute Gasteiger partial charge is 0.326 e. The van der Waals surface area contributed by atoms with Gasteiger partial charge in [-0.05, 0) is 47.0 Å². The maximum atomic E-state index is 12.8. The number of rotatable bonds is 4. The molecule has 0 saturated heterocycles. The zero-order chi connectivity index (χ0) is 20.5. The molecule has 0 bridgehead atoms. The Morgan fingerprint density at radius 3 is 2.70 bits per heavy atom. The van der Waals surface area contributed by atoms with Crippen molar-refractivity contribution in [2.45, 2.75) is 13.3 Å². The Bertz CT molecular complexity index is 1350. The average molecular weight is 391 g/mol. The van der Waals surface area contributed by atoms with Gasteiger partial charge in [0, 0.05) is 23.6 Å². The lowest BCUT2D eigenvalue weighted by atomic mass is 10.0. The van der Waals surface area contributed by atoms with Crippen LogP contribution in [0, 0.1) is 6.92 Å². The van der Waals surface area contributed by atoms with Crippen LogP contribution in [0.2, 0.25) is 0 Å². The van der Waals surface area contributed by atoms with Crippen molar-refractivity contribution >= 4 is 28.0 Å². The highest BCUT2D eigenvalue weighted by molar-refractivity contribution is 5.97. The Morgan fingerprint density at radius 2 is 1.80 bits per heavy atom. The number of carbonyl (C=O) groups is 1. The molecule has 0 aliphatic rings. The van der Waals surface area contributed by atoms with E-state index in [0.29, 0.717) is 6.42 Å². The molecule has 0 spiro atoms. The van der Waals surface area contributed by atoms with Gasteiger partial charge in [-0.2, -0.15) is 0 Å². The number of hydrogen-bond donors (Lipinski definition) is 1. The molecule has 4 heteroatoms. The van der Waals surface area contributed by atoms with Gasteiger partial charge < -0.3 is 9.72 Å². The van der Waals surface area contributed by atoms with Gasteiger partial charge >= 0.3 is 0 Å². The van der Waals surface area contributed by atoms with Crippen LogP contribution in [0.3, 0.4) is 0 Å². The molecular formula is C26H21N3O. The first-order chi connectivity index (χ1) is 14.7. The van der Waals surface area contributed by atoms with Gasteiger partial charge in [0.2, 0.25) is 5.91 Å².